The number of rotatable bonds is 9. The van der Waals surface area contributed by atoms with Crippen molar-refractivity contribution in [3.05, 3.63) is 42.0 Å². The van der Waals surface area contributed by atoms with Gasteiger partial charge < -0.3 is 4.74 Å². The van der Waals surface area contributed by atoms with Gasteiger partial charge >= 0.3 is 0 Å². The van der Waals surface area contributed by atoms with E-state index in [9.17, 15) is 0 Å². The first kappa shape index (κ1) is 24.0. The molecule has 0 atom stereocenters. The van der Waals surface area contributed by atoms with E-state index in [1.165, 1.54) is 89.0 Å². The van der Waals surface area contributed by atoms with E-state index >= 15 is 0 Å². The first-order valence-electron chi connectivity index (χ1n) is 13.2. The van der Waals surface area contributed by atoms with Gasteiger partial charge in [0.2, 0.25) is 0 Å². The van der Waals surface area contributed by atoms with E-state index in [4.69, 9.17) is 4.74 Å². The van der Waals surface area contributed by atoms with Gasteiger partial charge in [0.1, 0.15) is 5.75 Å². The fraction of sp³-hybridized carbons (Fsp3) is 0.667. The molecule has 0 bridgehead atoms. The molecule has 1 nitrogen and oxygen atoms in total. The lowest BCUT2D eigenvalue weighted by molar-refractivity contribution is 0.196. The van der Waals surface area contributed by atoms with Gasteiger partial charge in [-0.2, -0.15) is 0 Å². The molecule has 2 aliphatic carbocycles. The second-order valence-corrected chi connectivity index (χ2v) is 9.97. The zero-order chi connectivity index (χ0) is 21.7. The largest absolute Gasteiger partial charge is 0.493 e. The van der Waals surface area contributed by atoms with E-state index < -0.39 is 0 Å². The zero-order valence-corrected chi connectivity index (χ0v) is 20.1. The molecule has 0 radical (unpaired) electrons. The Balaban J connectivity index is 1.30. The monoisotopic (exact) mass is 420 g/mol. The number of unbranched alkanes of at least 4 members (excludes halogenated alkanes) is 2. The van der Waals surface area contributed by atoms with Crippen LogP contribution in [0.1, 0.15) is 96.5 Å². The Morgan fingerprint density at radius 2 is 1.58 bits per heavy atom. The molecular formula is C30H44O. The maximum atomic E-state index is 6.10. The second kappa shape index (κ2) is 13.7. The molecular weight excluding hydrogens is 376 g/mol. The van der Waals surface area contributed by atoms with Crippen molar-refractivity contribution in [2.75, 3.05) is 6.61 Å². The molecule has 0 spiro atoms. The van der Waals surface area contributed by atoms with Crippen LogP contribution in [0.5, 0.6) is 5.75 Å². The Morgan fingerprint density at radius 3 is 2.26 bits per heavy atom. The van der Waals surface area contributed by atoms with Gasteiger partial charge in [-0.3, -0.25) is 0 Å². The summed E-state index contributed by atoms with van der Waals surface area (Å²) in [5.74, 6) is 10.9. The molecule has 0 aromatic heterocycles. The van der Waals surface area contributed by atoms with E-state index in [1.807, 2.05) is 0 Å². The van der Waals surface area contributed by atoms with Crippen molar-refractivity contribution in [2.45, 2.75) is 97.3 Å². The molecule has 31 heavy (non-hydrogen) atoms. The lowest BCUT2D eigenvalue weighted by atomic mass is 9.81. The fourth-order valence-electron chi connectivity index (χ4n) is 5.16. The zero-order valence-electron chi connectivity index (χ0n) is 20.1. The standard InChI is InChI=1S/C30H44O/c1-3-5-6-9-28-20-22-30(23-21-28)31-24-29-18-16-27(17-19-29)11-8-7-10-26-14-12-25(4-2)13-15-26/h7,10,20-23,25-27,29H,3-6,9,12-19,24H2,1-2H3/t25-,26-,27-,29-. The number of hydrogen-bond acceptors (Lipinski definition) is 1. The van der Waals surface area contributed by atoms with Crippen LogP contribution >= 0.6 is 0 Å². The number of benzene rings is 1. The molecule has 1 heteroatoms. The summed E-state index contributed by atoms with van der Waals surface area (Å²) in [6.07, 6.45) is 21.5. The summed E-state index contributed by atoms with van der Waals surface area (Å²) in [5, 5.41) is 0. The third-order valence-electron chi connectivity index (χ3n) is 7.53. The number of allylic oxidation sites excluding steroid dienone is 2. The second-order valence-electron chi connectivity index (χ2n) is 9.97. The van der Waals surface area contributed by atoms with Gasteiger partial charge in [-0.1, -0.05) is 63.2 Å². The normalized spacial score (nSPS) is 26.4. The van der Waals surface area contributed by atoms with Gasteiger partial charge in [0.25, 0.3) is 0 Å². The van der Waals surface area contributed by atoms with Crippen molar-refractivity contribution in [1.29, 1.82) is 0 Å². The predicted molar refractivity (Wildman–Crippen MR) is 133 cm³/mol. The molecule has 2 saturated carbocycles. The Hall–Kier alpha value is -1.68. The van der Waals surface area contributed by atoms with Crippen molar-refractivity contribution in [2.24, 2.45) is 23.7 Å². The highest BCUT2D eigenvalue weighted by Gasteiger charge is 2.20. The highest BCUT2D eigenvalue weighted by Crippen LogP contribution is 2.31. The average Bonchev–Trinajstić information content (AvgIpc) is 2.82. The van der Waals surface area contributed by atoms with Crippen molar-refractivity contribution in [3.8, 4) is 17.6 Å². The third-order valence-corrected chi connectivity index (χ3v) is 7.53. The van der Waals surface area contributed by atoms with Crippen molar-refractivity contribution in [3.63, 3.8) is 0 Å². The number of aryl methyl sites for hydroxylation is 1. The average molecular weight is 421 g/mol. The summed E-state index contributed by atoms with van der Waals surface area (Å²) in [4.78, 5) is 0. The summed E-state index contributed by atoms with van der Waals surface area (Å²) in [7, 11) is 0. The predicted octanol–water partition coefficient (Wildman–Crippen LogP) is 8.38. The molecule has 2 fully saturated rings. The minimum atomic E-state index is 0.583. The smallest absolute Gasteiger partial charge is 0.119 e. The van der Waals surface area contributed by atoms with Crippen LogP contribution < -0.4 is 4.74 Å². The maximum Gasteiger partial charge on any atom is 0.119 e. The van der Waals surface area contributed by atoms with Gasteiger partial charge in [-0.15, -0.1) is 0 Å². The Morgan fingerprint density at radius 1 is 0.871 bits per heavy atom. The summed E-state index contributed by atoms with van der Waals surface area (Å²) < 4.78 is 6.10. The quantitative estimate of drug-likeness (QED) is 0.288. The molecule has 0 N–H and O–H groups in total. The van der Waals surface area contributed by atoms with Crippen molar-refractivity contribution in [1.82, 2.24) is 0 Å². The SMILES string of the molecule is CCCCCc1ccc(OC[C@H]2CC[C@H](C#CC=C[C@H]3CC[C@H](CC)CC3)CC2)cc1. The molecule has 170 valence electrons. The van der Waals surface area contributed by atoms with Crippen LogP contribution in [0.2, 0.25) is 0 Å². The summed E-state index contributed by atoms with van der Waals surface area (Å²) in [6.45, 7) is 5.45. The van der Waals surface area contributed by atoms with Gasteiger partial charge in [-0.25, -0.2) is 0 Å². The molecule has 3 rings (SSSR count). The summed E-state index contributed by atoms with van der Waals surface area (Å²) in [5.41, 5.74) is 1.43. The van der Waals surface area contributed by atoms with Crippen LogP contribution in [0.3, 0.4) is 0 Å². The third kappa shape index (κ3) is 8.76. The van der Waals surface area contributed by atoms with Gasteiger partial charge in [-0.05, 0) is 106 Å². The van der Waals surface area contributed by atoms with E-state index in [2.05, 4.69) is 62.1 Å². The first-order chi connectivity index (χ1) is 15.3. The van der Waals surface area contributed by atoms with Gasteiger partial charge in [0.15, 0.2) is 0 Å². The van der Waals surface area contributed by atoms with Crippen LogP contribution in [-0.2, 0) is 6.42 Å². The molecule has 1 aromatic carbocycles. The molecule has 2 aliphatic rings. The minimum absolute atomic E-state index is 0.583. The van der Waals surface area contributed by atoms with Crippen molar-refractivity contribution >= 4 is 0 Å². The summed E-state index contributed by atoms with van der Waals surface area (Å²) >= 11 is 0. The summed E-state index contributed by atoms with van der Waals surface area (Å²) in [6, 6.07) is 8.78. The Bertz CT molecular complexity index is 688. The molecule has 0 saturated heterocycles. The van der Waals surface area contributed by atoms with E-state index in [-0.39, 0.29) is 0 Å². The van der Waals surface area contributed by atoms with Gasteiger partial charge in [0.05, 0.1) is 6.61 Å². The molecule has 0 amide bonds. The lowest BCUT2D eigenvalue weighted by Crippen LogP contribution is -2.19. The van der Waals surface area contributed by atoms with Crippen LogP contribution in [0.4, 0.5) is 0 Å². The highest BCUT2D eigenvalue weighted by atomic mass is 16.5. The highest BCUT2D eigenvalue weighted by molar-refractivity contribution is 5.27. The van der Waals surface area contributed by atoms with Crippen LogP contribution in [0, 0.1) is 35.5 Å². The van der Waals surface area contributed by atoms with Crippen LogP contribution in [0.15, 0.2) is 36.4 Å². The molecule has 0 unspecified atom stereocenters. The number of ether oxygens (including phenoxy) is 1. The number of hydrogen-bond donors (Lipinski definition) is 0. The van der Waals surface area contributed by atoms with Crippen LogP contribution in [-0.4, -0.2) is 6.61 Å². The molecule has 0 heterocycles. The Labute approximate surface area is 192 Å². The van der Waals surface area contributed by atoms with E-state index in [0.29, 0.717) is 11.8 Å². The maximum absolute atomic E-state index is 6.10. The van der Waals surface area contributed by atoms with Gasteiger partial charge in [0, 0.05) is 5.92 Å². The topological polar surface area (TPSA) is 9.23 Å². The van der Waals surface area contributed by atoms with E-state index in [0.717, 1.165) is 24.2 Å². The Kier molecular flexibility index (Phi) is 10.6. The van der Waals surface area contributed by atoms with Crippen LogP contribution in [0.25, 0.3) is 0 Å². The first-order valence-corrected chi connectivity index (χ1v) is 13.2. The van der Waals surface area contributed by atoms with E-state index in [1.54, 1.807) is 0 Å². The minimum Gasteiger partial charge on any atom is -0.493 e. The fourth-order valence-corrected chi connectivity index (χ4v) is 5.16. The lowest BCUT2D eigenvalue weighted by Gasteiger charge is -2.25. The molecule has 0 aliphatic heterocycles. The van der Waals surface area contributed by atoms with Crippen molar-refractivity contribution < 1.29 is 4.74 Å². The molecule has 1 aromatic rings.